The summed E-state index contributed by atoms with van der Waals surface area (Å²) in [7, 11) is 0. The average molecular weight is 909 g/mol. The maximum Gasteiger partial charge on any atom is 0.325 e. The van der Waals surface area contributed by atoms with Crippen LogP contribution in [0, 0.1) is 0 Å². The monoisotopic (exact) mass is 909 g/mol. The van der Waals surface area contributed by atoms with Gasteiger partial charge in [0.15, 0.2) is 0 Å². The van der Waals surface area contributed by atoms with E-state index in [1.807, 2.05) is 36.4 Å². The number of aromatic amines is 1. The lowest BCUT2D eigenvalue weighted by Crippen LogP contribution is -2.58. The minimum Gasteiger partial charge on any atom is -0.459 e. The molecule has 3 rings (SSSR count). The number of benzene rings is 1. The highest BCUT2D eigenvalue weighted by atomic mass is 16.5. The molecule has 358 valence electrons. The van der Waals surface area contributed by atoms with Crippen LogP contribution in [0.2, 0.25) is 0 Å². The predicted molar refractivity (Wildman–Crippen MR) is 242 cm³/mol. The number of carbonyl (C=O) groups is 8. The first-order valence-corrected chi connectivity index (χ1v) is 22.6. The number of H-pyrrole nitrogens is 1. The van der Waals surface area contributed by atoms with Crippen LogP contribution in [0.1, 0.15) is 109 Å². The summed E-state index contributed by atoms with van der Waals surface area (Å²) in [6.07, 6.45) is 15.6. The van der Waals surface area contributed by atoms with Crippen LogP contribution in [0.25, 0.3) is 10.9 Å². The van der Waals surface area contributed by atoms with Crippen molar-refractivity contribution >= 4 is 58.2 Å². The van der Waals surface area contributed by atoms with Crippen molar-refractivity contribution < 1.29 is 53.3 Å². The topological polar surface area (TPSA) is 300 Å². The number of aromatic nitrogens is 1. The average Bonchev–Trinajstić information content (AvgIpc) is 3.68. The highest BCUT2D eigenvalue weighted by Crippen LogP contribution is 2.19. The summed E-state index contributed by atoms with van der Waals surface area (Å²) >= 11 is 0. The van der Waals surface area contributed by atoms with Crippen LogP contribution < -0.4 is 37.6 Å². The number of aliphatic hydroxyl groups is 2. The lowest BCUT2D eigenvalue weighted by Gasteiger charge is -2.27. The van der Waals surface area contributed by atoms with Gasteiger partial charge in [-0.3, -0.25) is 38.4 Å². The number of rotatable bonds is 23. The third-order valence-corrected chi connectivity index (χ3v) is 10.8. The summed E-state index contributed by atoms with van der Waals surface area (Å²) in [5.74, 6) is -6.39. The maximum atomic E-state index is 13.7. The fourth-order valence-corrected chi connectivity index (χ4v) is 7.09. The maximum absolute atomic E-state index is 13.7. The SMILES string of the molecule is CCCCC/C=C/C=C/C(O)CCCCCCCC(=O)NC(CCC(N)=O)C(=O)NC1C(=O)NCCC(=O)NC(Cc2c[nH]c3ccccc23)C(=O)NC(CO)C(=O)NCC(=O)OC1C. The lowest BCUT2D eigenvalue weighted by atomic mass is 10.0. The van der Waals surface area contributed by atoms with E-state index < -0.39 is 96.8 Å². The molecule has 6 atom stereocenters. The highest BCUT2D eigenvalue weighted by molar-refractivity contribution is 5.95. The molecule has 2 aromatic rings. The Bertz CT molecular complexity index is 1950. The second-order valence-electron chi connectivity index (χ2n) is 16.2. The summed E-state index contributed by atoms with van der Waals surface area (Å²) in [5, 5.41) is 35.9. The van der Waals surface area contributed by atoms with E-state index in [0.717, 1.165) is 49.4 Å². The van der Waals surface area contributed by atoms with Gasteiger partial charge in [-0.1, -0.05) is 88.0 Å². The van der Waals surface area contributed by atoms with Gasteiger partial charge in [0.2, 0.25) is 41.4 Å². The number of cyclic esters (lactones) is 1. The van der Waals surface area contributed by atoms with E-state index in [4.69, 9.17) is 10.5 Å². The van der Waals surface area contributed by atoms with Gasteiger partial charge in [-0.25, -0.2) is 0 Å². The van der Waals surface area contributed by atoms with Crippen molar-refractivity contribution in [1.82, 2.24) is 36.9 Å². The van der Waals surface area contributed by atoms with Crippen LogP contribution in [0.5, 0.6) is 0 Å². The van der Waals surface area contributed by atoms with Gasteiger partial charge in [-0.05, 0) is 50.7 Å². The highest BCUT2D eigenvalue weighted by Gasteiger charge is 2.34. The molecule has 1 aliphatic heterocycles. The first-order chi connectivity index (χ1) is 31.2. The van der Waals surface area contributed by atoms with E-state index in [1.165, 1.54) is 19.8 Å². The normalized spacial score (nSPS) is 20.3. The number of nitrogens with one attached hydrogen (secondary N) is 7. The molecule has 7 amide bonds. The number of allylic oxidation sites excluding steroid dienone is 3. The molecular weight excluding hydrogens is 841 g/mol. The van der Waals surface area contributed by atoms with Gasteiger partial charge in [0, 0.05) is 49.3 Å². The molecule has 19 heteroatoms. The number of fused-ring (bicyclic) bond motifs is 1. The molecule has 19 nitrogen and oxygen atoms in total. The van der Waals surface area contributed by atoms with Gasteiger partial charge >= 0.3 is 5.97 Å². The van der Waals surface area contributed by atoms with Crippen molar-refractivity contribution in [1.29, 1.82) is 0 Å². The van der Waals surface area contributed by atoms with Gasteiger partial charge in [0.25, 0.3) is 0 Å². The minimum absolute atomic E-state index is 0.0129. The number of carbonyl (C=O) groups excluding carboxylic acids is 8. The zero-order chi connectivity index (χ0) is 47.6. The summed E-state index contributed by atoms with van der Waals surface area (Å²) < 4.78 is 5.39. The standard InChI is InChI=1S/C46H68N8O11/c1-3-4-5-6-7-9-12-17-32(56)18-13-10-8-11-14-21-39(58)51-35(22-23-38(47)57)44(62)54-42-30(2)65-41(60)28-50-43(61)37(29-55)53-45(63)36(52-40(59)24-25-48-46(42)64)26-31-27-49-34-20-16-15-19-33(31)34/h7,9,12,15-17,19-20,27,30,32,35-37,42,49,55-56H,3-6,8,10-11,13-14,18,21-26,28-29H2,1-2H3,(H2,47,57)(H,48,64)(H,50,61)(H,51,58)(H,52,59)(H,53,63)(H,54,62)/b9-7+,17-12+. The third kappa shape index (κ3) is 20.1. The number of para-hydroxylation sites is 1. The molecule has 1 fully saturated rings. The van der Waals surface area contributed by atoms with Crippen molar-refractivity contribution in [2.24, 2.45) is 5.73 Å². The summed E-state index contributed by atoms with van der Waals surface area (Å²) in [4.78, 5) is 108. The molecule has 0 radical (unpaired) electrons. The van der Waals surface area contributed by atoms with Crippen LogP contribution in [0.3, 0.4) is 0 Å². The number of unbranched alkanes of at least 4 members (excludes halogenated alkanes) is 7. The second-order valence-corrected chi connectivity index (χ2v) is 16.2. The van der Waals surface area contributed by atoms with E-state index in [1.54, 1.807) is 12.3 Å². The number of ether oxygens (including phenoxy) is 1. The molecule has 2 heterocycles. The van der Waals surface area contributed by atoms with E-state index in [9.17, 15) is 48.6 Å². The van der Waals surface area contributed by atoms with Gasteiger partial charge in [-0.2, -0.15) is 0 Å². The molecule has 0 aliphatic carbocycles. The molecule has 1 aromatic carbocycles. The zero-order valence-corrected chi connectivity index (χ0v) is 37.5. The molecule has 1 aliphatic rings. The van der Waals surface area contributed by atoms with Crippen LogP contribution in [0.15, 0.2) is 54.8 Å². The molecule has 11 N–H and O–H groups in total. The Labute approximate surface area is 379 Å². The first-order valence-electron chi connectivity index (χ1n) is 22.6. The Morgan fingerprint density at radius 3 is 2.40 bits per heavy atom. The van der Waals surface area contributed by atoms with E-state index in [2.05, 4.69) is 49.9 Å². The number of esters is 1. The van der Waals surface area contributed by atoms with Gasteiger partial charge in [0.1, 0.15) is 36.8 Å². The summed E-state index contributed by atoms with van der Waals surface area (Å²) in [5.41, 5.74) is 6.82. The number of primary amides is 1. The van der Waals surface area contributed by atoms with Crippen molar-refractivity contribution in [3.8, 4) is 0 Å². The zero-order valence-electron chi connectivity index (χ0n) is 37.5. The van der Waals surface area contributed by atoms with E-state index >= 15 is 0 Å². The fraction of sp³-hybridized carbons (Fsp3) is 0.565. The Kier molecular flexibility index (Phi) is 24.1. The van der Waals surface area contributed by atoms with Crippen molar-refractivity contribution in [2.45, 2.75) is 147 Å². The quantitative estimate of drug-likeness (QED) is 0.0430. The predicted octanol–water partition coefficient (Wildman–Crippen LogP) is 1.26. The molecule has 6 unspecified atom stereocenters. The van der Waals surface area contributed by atoms with Crippen molar-refractivity contribution in [3.63, 3.8) is 0 Å². The molecule has 65 heavy (non-hydrogen) atoms. The van der Waals surface area contributed by atoms with Crippen molar-refractivity contribution in [2.75, 3.05) is 19.7 Å². The van der Waals surface area contributed by atoms with Gasteiger partial charge in [0.05, 0.1) is 12.7 Å². The molecule has 1 saturated heterocycles. The molecule has 0 saturated carbocycles. The molecular formula is C46H68N8O11. The number of hydrogen-bond donors (Lipinski definition) is 10. The van der Waals surface area contributed by atoms with Crippen molar-refractivity contribution in [3.05, 3.63) is 60.3 Å². The smallest absolute Gasteiger partial charge is 0.325 e. The van der Waals surface area contributed by atoms with Crippen LogP contribution in [-0.4, -0.2) is 119 Å². The van der Waals surface area contributed by atoms with Crippen LogP contribution in [0.4, 0.5) is 0 Å². The fourth-order valence-electron chi connectivity index (χ4n) is 7.09. The Morgan fingerprint density at radius 1 is 0.892 bits per heavy atom. The number of hydrogen-bond acceptors (Lipinski definition) is 11. The van der Waals surface area contributed by atoms with E-state index in [-0.39, 0.29) is 38.6 Å². The minimum atomic E-state index is -1.59. The molecule has 0 bridgehead atoms. The van der Waals surface area contributed by atoms with Crippen LogP contribution >= 0.6 is 0 Å². The summed E-state index contributed by atoms with van der Waals surface area (Å²) in [6.45, 7) is 1.59. The van der Waals surface area contributed by atoms with Crippen LogP contribution in [-0.2, 0) is 49.5 Å². The van der Waals surface area contributed by atoms with E-state index in [0.29, 0.717) is 18.4 Å². The number of amides is 7. The van der Waals surface area contributed by atoms with Gasteiger partial charge < -0.3 is 57.6 Å². The largest absolute Gasteiger partial charge is 0.459 e. The number of aliphatic hydroxyl groups excluding tert-OH is 2. The Morgan fingerprint density at radius 2 is 1.65 bits per heavy atom. The number of nitrogens with two attached hydrogens (primary N) is 1. The first kappa shape index (κ1) is 53.3. The van der Waals surface area contributed by atoms with Gasteiger partial charge in [-0.15, -0.1) is 0 Å². The Balaban J connectivity index is 1.63. The third-order valence-electron chi connectivity index (χ3n) is 10.8. The molecule has 1 aromatic heterocycles. The lowest BCUT2D eigenvalue weighted by molar-refractivity contribution is -0.152. The molecule has 0 spiro atoms. The Hall–Kier alpha value is -6.08. The summed E-state index contributed by atoms with van der Waals surface area (Å²) in [6, 6.07) is 1.66. The second kappa shape index (κ2) is 29.4.